The summed E-state index contributed by atoms with van der Waals surface area (Å²) in [4.78, 5) is 34.7. The number of carbonyl (C=O) groups excluding carboxylic acids is 2. The van der Waals surface area contributed by atoms with Gasteiger partial charge in [-0.2, -0.15) is 0 Å². The number of aryl methyl sites for hydroxylation is 2. The first-order chi connectivity index (χ1) is 14.0. The molecule has 1 atom stereocenters. The summed E-state index contributed by atoms with van der Waals surface area (Å²) in [6, 6.07) is 11.6. The molecule has 0 N–H and O–H groups in total. The highest BCUT2D eigenvalue weighted by atomic mass is 16.2. The van der Waals surface area contributed by atoms with Crippen molar-refractivity contribution < 1.29 is 9.59 Å². The van der Waals surface area contributed by atoms with Crippen LogP contribution in [0, 0.1) is 19.8 Å². The van der Waals surface area contributed by atoms with Crippen LogP contribution in [-0.2, 0) is 16.1 Å². The van der Waals surface area contributed by atoms with Crippen LogP contribution in [0.3, 0.4) is 0 Å². The van der Waals surface area contributed by atoms with Gasteiger partial charge < -0.3 is 4.90 Å². The van der Waals surface area contributed by atoms with Crippen LogP contribution in [0.15, 0.2) is 48.3 Å². The van der Waals surface area contributed by atoms with E-state index in [0.717, 1.165) is 42.6 Å². The van der Waals surface area contributed by atoms with Crippen LogP contribution in [0.2, 0.25) is 0 Å². The zero-order valence-electron chi connectivity index (χ0n) is 17.3. The van der Waals surface area contributed by atoms with E-state index >= 15 is 0 Å². The lowest BCUT2D eigenvalue weighted by Crippen LogP contribution is -2.39. The third-order valence-electron chi connectivity index (χ3n) is 5.81. The molecule has 4 rings (SSSR count). The summed E-state index contributed by atoms with van der Waals surface area (Å²) < 4.78 is 0. The molecule has 0 bridgehead atoms. The zero-order chi connectivity index (χ0) is 20.5. The van der Waals surface area contributed by atoms with Crippen LogP contribution in [0.25, 0.3) is 5.57 Å². The van der Waals surface area contributed by atoms with Crippen molar-refractivity contribution in [3.8, 4) is 0 Å². The normalized spacial score (nSPS) is 20.0. The molecule has 1 aromatic carbocycles. The summed E-state index contributed by atoms with van der Waals surface area (Å²) in [6.07, 6.45) is 3.88. The summed E-state index contributed by atoms with van der Waals surface area (Å²) >= 11 is 0. The SMILES string of the molecule is Cc1ccc(C2=C(N3CCCC(C)C3)C(=O)N(Cc3ccccn3)C2=O)c(C)c1. The molecule has 29 heavy (non-hydrogen) atoms. The number of nitrogens with zero attached hydrogens (tertiary/aromatic N) is 3. The Morgan fingerprint density at radius 2 is 1.93 bits per heavy atom. The van der Waals surface area contributed by atoms with Gasteiger partial charge in [-0.05, 0) is 55.9 Å². The van der Waals surface area contributed by atoms with Crippen LogP contribution < -0.4 is 0 Å². The van der Waals surface area contributed by atoms with Crippen LogP contribution >= 0.6 is 0 Å². The van der Waals surface area contributed by atoms with Crippen molar-refractivity contribution in [2.45, 2.75) is 40.2 Å². The van der Waals surface area contributed by atoms with Gasteiger partial charge in [-0.25, -0.2) is 0 Å². The van der Waals surface area contributed by atoms with Gasteiger partial charge in [0.2, 0.25) is 0 Å². The molecule has 150 valence electrons. The highest BCUT2D eigenvalue weighted by Crippen LogP contribution is 2.36. The summed E-state index contributed by atoms with van der Waals surface area (Å²) in [7, 11) is 0. The maximum atomic E-state index is 13.5. The van der Waals surface area contributed by atoms with Gasteiger partial charge in [0.05, 0.1) is 17.8 Å². The van der Waals surface area contributed by atoms with Crippen molar-refractivity contribution >= 4 is 17.4 Å². The molecule has 0 saturated carbocycles. The molecule has 0 spiro atoms. The van der Waals surface area contributed by atoms with Gasteiger partial charge in [-0.3, -0.25) is 19.5 Å². The number of aromatic nitrogens is 1. The summed E-state index contributed by atoms with van der Waals surface area (Å²) in [5.41, 5.74) is 4.82. The summed E-state index contributed by atoms with van der Waals surface area (Å²) in [5, 5.41) is 0. The monoisotopic (exact) mass is 389 g/mol. The number of benzene rings is 1. The van der Waals surface area contributed by atoms with Crippen molar-refractivity contribution in [2.75, 3.05) is 13.1 Å². The van der Waals surface area contributed by atoms with Gasteiger partial charge in [-0.1, -0.05) is 36.8 Å². The minimum atomic E-state index is -0.221. The lowest BCUT2D eigenvalue weighted by atomic mass is 9.95. The lowest BCUT2D eigenvalue weighted by Gasteiger charge is -2.33. The number of likely N-dealkylation sites (tertiary alicyclic amines) is 1. The third-order valence-corrected chi connectivity index (χ3v) is 5.81. The molecule has 0 radical (unpaired) electrons. The molecule has 0 aliphatic carbocycles. The number of amides is 2. The fourth-order valence-corrected chi connectivity index (χ4v) is 4.38. The Bertz CT molecular complexity index is 981. The molecule has 1 fully saturated rings. The van der Waals surface area contributed by atoms with E-state index in [-0.39, 0.29) is 18.4 Å². The Hall–Kier alpha value is -2.95. The van der Waals surface area contributed by atoms with E-state index in [1.165, 1.54) is 4.90 Å². The predicted octanol–water partition coefficient (Wildman–Crippen LogP) is 3.71. The Morgan fingerprint density at radius 1 is 1.10 bits per heavy atom. The van der Waals surface area contributed by atoms with Gasteiger partial charge in [0.1, 0.15) is 5.70 Å². The predicted molar refractivity (Wildman–Crippen MR) is 113 cm³/mol. The minimum Gasteiger partial charge on any atom is -0.366 e. The van der Waals surface area contributed by atoms with Crippen LogP contribution in [0.4, 0.5) is 0 Å². The van der Waals surface area contributed by atoms with Crippen molar-refractivity contribution in [3.05, 3.63) is 70.7 Å². The Kier molecular flexibility index (Phi) is 5.22. The molecule has 2 amide bonds. The molecule has 1 saturated heterocycles. The molecule has 2 aromatic rings. The van der Waals surface area contributed by atoms with E-state index in [1.54, 1.807) is 6.20 Å². The number of carbonyl (C=O) groups is 2. The first kappa shape index (κ1) is 19.4. The van der Waals surface area contributed by atoms with Crippen molar-refractivity contribution in [3.63, 3.8) is 0 Å². The van der Waals surface area contributed by atoms with Crippen molar-refractivity contribution in [1.82, 2.24) is 14.8 Å². The highest BCUT2D eigenvalue weighted by molar-refractivity contribution is 6.35. The van der Waals surface area contributed by atoms with E-state index in [9.17, 15) is 9.59 Å². The Morgan fingerprint density at radius 3 is 2.62 bits per heavy atom. The van der Waals surface area contributed by atoms with Gasteiger partial charge in [-0.15, -0.1) is 0 Å². The Balaban J connectivity index is 1.78. The number of pyridine rings is 1. The molecule has 1 aromatic heterocycles. The molecule has 2 aliphatic heterocycles. The number of rotatable bonds is 4. The second kappa shape index (κ2) is 7.82. The first-order valence-corrected chi connectivity index (χ1v) is 10.3. The maximum Gasteiger partial charge on any atom is 0.278 e. The number of hydrogen-bond donors (Lipinski definition) is 0. The average molecular weight is 389 g/mol. The van der Waals surface area contributed by atoms with E-state index in [4.69, 9.17) is 0 Å². The molecule has 5 heteroatoms. The quantitative estimate of drug-likeness (QED) is 0.748. The second-order valence-electron chi connectivity index (χ2n) is 8.25. The third kappa shape index (κ3) is 3.69. The molecule has 1 unspecified atom stereocenters. The second-order valence-corrected chi connectivity index (χ2v) is 8.25. The maximum absolute atomic E-state index is 13.5. The van der Waals surface area contributed by atoms with Gasteiger partial charge in [0.15, 0.2) is 0 Å². The van der Waals surface area contributed by atoms with Gasteiger partial charge >= 0.3 is 0 Å². The fourth-order valence-electron chi connectivity index (χ4n) is 4.38. The zero-order valence-corrected chi connectivity index (χ0v) is 17.3. The standard InChI is InChI=1S/C24H27N3O2/c1-16-9-10-20(18(3)13-16)21-22(26-12-6-7-17(2)14-26)24(29)27(23(21)28)15-19-8-4-5-11-25-19/h4-5,8-11,13,17H,6-7,12,14-15H2,1-3H3. The highest BCUT2D eigenvalue weighted by Gasteiger charge is 2.42. The smallest absolute Gasteiger partial charge is 0.278 e. The fraction of sp³-hybridized carbons (Fsp3) is 0.375. The van der Waals surface area contributed by atoms with Crippen LogP contribution in [0.1, 0.15) is 42.1 Å². The molecule has 3 heterocycles. The Labute approximate surface area is 172 Å². The number of imide groups is 1. The molecule has 5 nitrogen and oxygen atoms in total. The van der Waals surface area contributed by atoms with Gasteiger partial charge in [0, 0.05) is 19.3 Å². The minimum absolute atomic E-state index is 0.194. The van der Waals surface area contributed by atoms with E-state index < -0.39 is 0 Å². The first-order valence-electron chi connectivity index (χ1n) is 10.3. The van der Waals surface area contributed by atoms with Gasteiger partial charge in [0.25, 0.3) is 11.8 Å². The van der Waals surface area contributed by atoms with Crippen LogP contribution in [-0.4, -0.2) is 39.7 Å². The van der Waals surface area contributed by atoms with E-state index in [1.807, 2.05) is 44.2 Å². The van der Waals surface area contributed by atoms with E-state index in [2.05, 4.69) is 22.9 Å². The van der Waals surface area contributed by atoms with Crippen LogP contribution in [0.5, 0.6) is 0 Å². The number of hydrogen-bond acceptors (Lipinski definition) is 4. The van der Waals surface area contributed by atoms with E-state index in [0.29, 0.717) is 22.9 Å². The largest absolute Gasteiger partial charge is 0.366 e. The lowest BCUT2D eigenvalue weighted by molar-refractivity contribution is -0.138. The topological polar surface area (TPSA) is 53.5 Å². The summed E-state index contributed by atoms with van der Waals surface area (Å²) in [5.74, 6) is 0.0786. The molecule has 2 aliphatic rings. The molecular formula is C24H27N3O2. The van der Waals surface area contributed by atoms with Crippen molar-refractivity contribution in [2.24, 2.45) is 5.92 Å². The number of piperidine rings is 1. The van der Waals surface area contributed by atoms with Crippen molar-refractivity contribution in [1.29, 1.82) is 0 Å². The average Bonchev–Trinajstić information content (AvgIpc) is 2.93. The molecular weight excluding hydrogens is 362 g/mol. The summed E-state index contributed by atoms with van der Waals surface area (Å²) in [6.45, 7) is 8.05.